The zero-order valence-electron chi connectivity index (χ0n) is 29.0. The molecule has 294 valence electrons. The first kappa shape index (κ1) is 38.8. The lowest BCUT2D eigenvalue weighted by Gasteiger charge is -2.05. The van der Waals surface area contributed by atoms with Crippen LogP contribution in [0.25, 0.3) is 101 Å². The lowest BCUT2D eigenvalue weighted by molar-refractivity contribution is 0.564. The highest BCUT2D eigenvalue weighted by molar-refractivity contribution is 9.11. The summed E-state index contributed by atoms with van der Waals surface area (Å²) in [6, 6.07) is 21.3. The molecule has 29 rings (SSSR count). The normalized spacial score (nSPS) is 11.5. The first-order valence-electron chi connectivity index (χ1n) is 16.7. The van der Waals surface area contributed by atoms with Gasteiger partial charge in [0.25, 0.3) is 0 Å². The second-order valence-corrected chi connectivity index (χ2v) is 16.8. The van der Waals surface area contributed by atoms with Gasteiger partial charge >= 0.3 is 35.1 Å². The van der Waals surface area contributed by atoms with Crippen LogP contribution < -0.4 is 0 Å². The van der Waals surface area contributed by atoms with Crippen molar-refractivity contribution in [2.75, 3.05) is 0 Å². The van der Waals surface area contributed by atoms with E-state index in [-0.39, 0.29) is 35.1 Å². The monoisotopic (exact) mass is 1180 g/mol. The van der Waals surface area contributed by atoms with Crippen LogP contribution in [0.3, 0.4) is 0 Å². The second kappa shape index (κ2) is 15.9. The predicted molar refractivity (Wildman–Crippen MR) is 237 cm³/mol. The fraction of sp³-hybridized carbons (Fsp3) is 0. The second-order valence-electron chi connectivity index (χ2n) is 12.1. The van der Waals surface area contributed by atoms with Crippen LogP contribution in [0.5, 0.6) is 0 Å². The standard InChI is InChI=1S/C36H12Br6N12O6/c37-25-13-1-7-19-26(38)14(13)2-8-20(25)56-32-45-49-34(50-46-32)58-22-10-4-18-17(28(22)40)6-12-24(30(18)42)60-36-53-51-35(52-54-36)59-23-11-5-15-16(29(23)41)3-9-21(27(15)39)57-33-47-43-31(55-19)44-48-33/h1-12H. The Balaban J connectivity index is 1.17. The Bertz CT molecular complexity index is 3060. The van der Waals surface area contributed by atoms with E-state index in [0.717, 1.165) is 32.3 Å². The third-order valence-corrected chi connectivity index (χ3v) is 13.4. The van der Waals surface area contributed by atoms with Crippen molar-refractivity contribution >= 4 is 196 Å². The highest BCUT2D eigenvalue weighted by atomic mass is 79.9. The molecule has 0 aliphatic heterocycles. The first-order chi connectivity index (χ1) is 29.2. The van der Waals surface area contributed by atoms with E-state index >= 15 is 0 Å². The summed E-state index contributed by atoms with van der Waals surface area (Å²) < 4.78 is 39.3. The fourth-order valence-corrected chi connectivity index (χ4v) is 9.17. The number of nitrogens with zero attached hydrogens (tertiary/aromatic N) is 12. The average molecular weight is 1190 g/mol. The minimum Gasteiger partial charge on any atom is -0.421 e. The number of hydrogen-bond acceptors (Lipinski definition) is 18. The summed E-state index contributed by atoms with van der Waals surface area (Å²) in [4.78, 5) is 0. The maximum atomic E-state index is 5.93. The summed E-state index contributed by atoms with van der Waals surface area (Å²) in [5.74, 6) is -0.670. The van der Waals surface area contributed by atoms with Gasteiger partial charge in [-0.15, -0.1) is 0 Å². The van der Waals surface area contributed by atoms with Crippen LogP contribution in [-0.2, 0) is 0 Å². The van der Waals surface area contributed by atoms with Crippen molar-refractivity contribution in [1.29, 1.82) is 0 Å². The first-order valence-corrected chi connectivity index (χ1v) is 21.4. The summed E-state index contributed by atoms with van der Waals surface area (Å²) in [5.41, 5.74) is 2.43. The summed E-state index contributed by atoms with van der Waals surface area (Å²) >= 11 is 21.8. The molecule has 18 nitrogen and oxygen atoms in total. The average Bonchev–Trinajstić information content (AvgIpc) is 3.25. The van der Waals surface area contributed by atoms with Crippen LogP contribution in [0.1, 0.15) is 0 Å². The molecular weight excluding hydrogens is 1180 g/mol. The topological polar surface area (TPSA) is 234 Å². The van der Waals surface area contributed by atoms with Crippen molar-refractivity contribution in [2.45, 2.75) is 0 Å². The van der Waals surface area contributed by atoms with Crippen LogP contribution in [-0.4, -0.2) is 61.2 Å². The molecule has 0 radical (unpaired) electrons. The van der Waals surface area contributed by atoms with Crippen molar-refractivity contribution < 1.29 is 26.5 Å². The molecule has 0 saturated heterocycles. The third kappa shape index (κ3) is 7.29. The van der Waals surface area contributed by atoms with Gasteiger partial charge in [-0.05, 0) is 168 Å². The maximum absolute atomic E-state index is 5.93. The van der Waals surface area contributed by atoms with E-state index in [1.165, 1.54) is 0 Å². The van der Waals surface area contributed by atoms with Crippen molar-refractivity contribution in [3.63, 3.8) is 0 Å². The SMILES string of the molecule is Brc1c2ccc3c(Br)c(ccc13)oc1nnc(nn1)oc1ccc3c(Br)c(ccc3c1Br)oc1nnc(nn1)oc1ccc3c(Br)c(ccc3c1Br)oc1nnc(nn1)o2. The minimum atomic E-state index is -0.112. The van der Waals surface area contributed by atoms with Crippen LogP contribution in [0.2, 0.25) is 0 Å². The Hall–Kier alpha value is -5.40. The molecule has 0 aliphatic rings. The molecule has 0 aliphatic carbocycles. The maximum Gasteiger partial charge on any atom is 0.360 e. The quantitative estimate of drug-likeness (QED) is 0.137. The largest absolute Gasteiger partial charge is 0.421 e. The van der Waals surface area contributed by atoms with E-state index < -0.39 is 0 Å². The molecule has 0 N–H and O–H groups in total. The molecule has 18 bridgehead atoms. The predicted octanol–water partition coefficient (Wildman–Crippen LogP) is 12.0. The van der Waals surface area contributed by atoms with E-state index in [9.17, 15) is 0 Å². The molecule has 29 aromatic rings. The highest BCUT2D eigenvalue weighted by Gasteiger charge is 2.13. The van der Waals surface area contributed by atoms with E-state index in [1.54, 1.807) is 36.4 Å². The summed E-state index contributed by atoms with van der Waals surface area (Å²) in [6.45, 7) is 0. The molecule has 60 heavy (non-hydrogen) atoms. The Kier molecular flexibility index (Phi) is 10.3. The van der Waals surface area contributed by atoms with Gasteiger partial charge in [0.15, 0.2) is 0 Å². The van der Waals surface area contributed by atoms with Crippen molar-refractivity contribution in [3.05, 3.63) is 99.6 Å². The van der Waals surface area contributed by atoms with Crippen molar-refractivity contribution in [1.82, 2.24) is 61.2 Å². The molecule has 0 spiro atoms. The molecule has 0 saturated carbocycles. The highest BCUT2D eigenvalue weighted by Crippen LogP contribution is 2.38. The number of hydrogen-bond donors (Lipinski definition) is 0. The molecule has 23 heterocycles. The van der Waals surface area contributed by atoms with Crippen LogP contribution in [0.15, 0.2) is 126 Å². The number of halogens is 6. The molecular formula is C36H12Br6N12O6. The Labute approximate surface area is 380 Å². The zero-order valence-corrected chi connectivity index (χ0v) is 38.5. The van der Waals surface area contributed by atoms with Gasteiger partial charge in [0, 0.05) is 32.3 Å². The summed E-state index contributed by atoms with van der Waals surface area (Å²) in [6.07, 6.45) is 0. The summed E-state index contributed by atoms with van der Waals surface area (Å²) in [5, 5.41) is 53.4. The van der Waals surface area contributed by atoms with Gasteiger partial charge in [0.05, 0.1) is 26.8 Å². The van der Waals surface area contributed by atoms with Crippen molar-refractivity contribution in [3.8, 4) is 0 Å². The molecule has 0 atom stereocenters. The van der Waals surface area contributed by atoms with E-state index in [1.807, 2.05) is 36.4 Å². The smallest absolute Gasteiger partial charge is 0.360 e. The molecule has 23 aromatic heterocycles. The van der Waals surface area contributed by atoms with E-state index in [2.05, 4.69) is 157 Å². The van der Waals surface area contributed by atoms with Gasteiger partial charge < -0.3 is 26.5 Å². The van der Waals surface area contributed by atoms with Crippen molar-refractivity contribution in [2.24, 2.45) is 0 Å². The van der Waals surface area contributed by atoms with E-state index in [0.29, 0.717) is 60.3 Å². The number of rotatable bonds is 0. The third-order valence-electron chi connectivity index (χ3n) is 8.53. The molecule has 0 unspecified atom stereocenters. The summed E-state index contributed by atoms with van der Waals surface area (Å²) in [7, 11) is 0. The fourth-order valence-electron chi connectivity index (χ4n) is 5.82. The number of aromatic nitrogens is 12. The molecule has 0 fully saturated rings. The van der Waals surface area contributed by atoms with Gasteiger partial charge in [-0.25, -0.2) is 0 Å². The molecule has 6 aromatic carbocycles. The van der Waals surface area contributed by atoms with Gasteiger partial charge in [-0.2, -0.15) is 0 Å². The van der Waals surface area contributed by atoms with Gasteiger partial charge in [0.2, 0.25) is 0 Å². The van der Waals surface area contributed by atoms with Crippen LogP contribution in [0.4, 0.5) is 0 Å². The van der Waals surface area contributed by atoms with Gasteiger partial charge in [0.1, 0.15) is 33.5 Å². The molecule has 0 amide bonds. The Morgan fingerprint density at radius 3 is 0.483 bits per heavy atom. The Morgan fingerprint density at radius 2 is 0.350 bits per heavy atom. The van der Waals surface area contributed by atoms with Gasteiger partial charge in [-0.3, -0.25) is 0 Å². The van der Waals surface area contributed by atoms with Gasteiger partial charge in [-0.1, -0.05) is 61.2 Å². The van der Waals surface area contributed by atoms with Crippen LogP contribution >= 0.6 is 95.6 Å². The zero-order chi connectivity index (χ0) is 41.1. The minimum absolute atomic E-state index is 0.112. The number of benzene rings is 6. The Morgan fingerprint density at radius 1 is 0.217 bits per heavy atom. The lowest BCUT2D eigenvalue weighted by atomic mass is 10.1. The van der Waals surface area contributed by atoms with E-state index in [4.69, 9.17) is 26.5 Å². The molecule has 24 heteroatoms. The lowest BCUT2D eigenvalue weighted by Crippen LogP contribution is -1.91. The van der Waals surface area contributed by atoms with Crippen LogP contribution in [0, 0.1) is 0 Å².